The molecule has 3 rings (SSSR count). The van der Waals surface area contributed by atoms with Gasteiger partial charge in [-0.05, 0) is 41.3 Å². The average molecular weight is 268 g/mol. The van der Waals surface area contributed by atoms with Crippen LogP contribution in [0.3, 0.4) is 0 Å². The van der Waals surface area contributed by atoms with E-state index in [2.05, 4.69) is 17.6 Å². The van der Waals surface area contributed by atoms with Gasteiger partial charge in [0.2, 0.25) is 5.91 Å². The molecule has 1 saturated heterocycles. The second-order valence-electron chi connectivity index (χ2n) is 4.88. The molecule has 0 radical (unpaired) electrons. The lowest BCUT2D eigenvalue weighted by atomic mass is 9.97. The summed E-state index contributed by atoms with van der Waals surface area (Å²) in [7, 11) is 0. The van der Waals surface area contributed by atoms with Crippen LogP contribution < -0.4 is 11.2 Å². The molecule has 0 aliphatic carbocycles. The van der Waals surface area contributed by atoms with Crippen molar-refractivity contribution in [1.29, 1.82) is 0 Å². The van der Waals surface area contributed by atoms with Gasteiger partial charge in [0.25, 0.3) is 0 Å². The number of primary amides is 1. The Kier molecular flexibility index (Phi) is 3.50. The van der Waals surface area contributed by atoms with Crippen LogP contribution in [0.4, 0.5) is 0 Å². The highest BCUT2D eigenvalue weighted by Crippen LogP contribution is 2.27. The molecule has 1 atom stereocenters. The smallest absolute Gasteiger partial charge is 0.248 e. The van der Waals surface area contributed by atoms with Crippen LogP contribution in [-0.4, -0.2) is 12.5 Å². The predicted octanol–water partition coefficient (Wildman–Crippen LogP) is 2.42. The van der Waals surface area contributed by atoms with Crippen molar-refractivity contribution in [2.45, 2.75) is 12.5 Å². The quantitative estimate of drug-likeness (QED) is 0.898. The first-order chi connectivity index (χ1) is 9.74. The number of carbonyl (C=O) groups is 1. The Labute approximate surface area is 117 Å². The minimum atomic E-state index is -0.408. The molecule has 1 fully saturated rings. The highest BCUT2D eigenvalue weighted by molar-refractivity contribution is 5.94. The van der Waals surface area contributed by atoms with E-state index < -0.39 is 5.91 Å². The molecule has 20 heavy (non-hydrogen) atoms. The third kappa shape index (κ3) is 2.57. The summed E-state index contributed by atoms with van der Waals surface area (Å²) in [6.45, 7) is 0.728. The van der Waals surface area contributed by atoms with Gasteiger partial charge < -0.3 is 10.6 Å². The van der Waals surface area contributed by atoms with Gasteiger partial charge in [-0.1, -0.05) is 30.3 Å². The van der Waals surface area contributed by atoms with Crippen molar-refractivity contribution in [2.75, 3.05) is 6.61 Å². The summed E-state index contributed by atoms with van der Waals surface area (Å²) in [5.74, 6) is -0.408. The molecule has 1 amide bonds. The minimum Gasteiger partial charge on any atom is -0.366 e. The van der Waals surface area contributed by atoms with Crippen LogP contribution in [0.1, 0.15) is 28.4 Å². The predicted molar refractivity (Wildman–Crippen MR) is 76.8 cm³/mol. The van der Waals surface area contributed by atoms with E-state index in [0.29, 0.717) is 5.56 Å². The first-order valence-electron chi connectivity index (χ1n) is 6.61. The molecular formula is C16H16N2O2. The van der Waals surface area contributed by atoms with Crippen molar-refractivity contribution in [1.82, 2.24) is 5.48 Å². The van der Waals surface area contributed by atoms with Crippen molar-refractivity contribution in [3.63, 3.8) is 0 Å². The van der Waals surface area contributed by atoms with Gasteiger partial charge in [0.15, 0.2) is 0 Å². The Hall–Kier alpha value is -2.17. The Balaban J connectivity index is 1.95. The lowest BCUT2D eigenvalue weighted by molar-refractivity contribution is 0.0883. The summed E-state index contributed by atoms with van der Waals surface area (Å²) in [6, 6.07) is 15.8. The molecule has 0 spiro atoms. The van der Waals surface area contributed by atoms with Gasteiger partial charge in [0.1, 0.15) is 0 Å². The monoisotopic (exact) mass is 268 g/mol. The molecule has 0 bridgehead atoms. The van der Waals surface area contributed by atoms with Gasteiger partial charge in [-0.2, -0.15) is 5.48 Å². The second kappa shape index (κ2) is 5.45. The summed E-state index contributed by atoms with van der Waals surface area (Å²) < 4.78 is 0. The van der Waals surface area contributed by atoms with Crippen LogP contribution in [0.25, 0.3) is 11.1 Å². The topological polar surface area (TPSA) is 64.4 Å². The van der Waals surface area contributed by atoms with E-state index in [4.69, 9.17) is 10.6 Å². The first kappa shape index (κ1) is 12.8. The van der Waals surface area contributed by atoms with E-state index in [0.717, 1.165) is 24.2 Å². The molecule has 1 aliphatic rings. The minimum absolute atomic E-state index is 0.231. The standard InChI is InChI=1S/C16H16N2O2/c17-16(19)14-6-2-4-12(10-14)11-3-1-5-13(9-11)15-7-8-20-18-15/h1-6,9-10,15,18H,7-8H2,(H2,17,19)/t15-/m1/s1. The van der Waals surface area contributed by atoms with E-state index in [1.54, 1.807) is 6.07 Å². The summed E-state index contributed by atoms with van der Waals surface area (Å²) >= 11 is 0. The van der Waals surface area contributed by atoms with Crippen molar-refractivity contribution in [2.24, 2.45) is 5.73 Å². The van der Waals surface area contributed by atoms with Crippen molar-refractivity contribution in [3.8, 4) is 11.1 Å². The van der Waals surface area contributed by atoms with Crippen molar-refractivity contribution >= 4 is 5.91 Å². The van der Waals surface area contributed by atoms with Gasteiger partial charge in [0.05, 0.1) is 12.6 Å². The van der Waals surface area contributed by atoms with Gasteiger partial charge in [-0.15, -0.1) is 0 Å². The molecule has 2 aromatic carbocycles. The Morgan fingerprint density at radius 2 is 1.90 bits per heavy atom. The fraction of sp³-hybridized carbons (Fsp3) is 0.188. The van der Waals surface area contributed by atoms with Gasteiger partial charge in [-0.3, -0.25) is 4.79 Å². The zero-order valence-electron chi connectivity index (χ0n) is 11.0. The van der Waals surface area contributed by atoms with Crippen LogP contribution >= 0.6 is 0 Å². The van der Waals surface area contributed by atoms with Crippen LogP contribution in [0.15, 0.2) is 48.5 Å². The fourth-order valence-electron chi connectivity index (χ4n) is 2.42. The first-order valence-corrected chi connectivity index (χ1v) is 6.61. The van der Waals surface area contributed by atoms with Gasteiger partial charge >= 0.3 is 0 Å². The number of carbonyl (C=O) groups excluding carboxylic acids is 1. The summed E-state index contributed by atoms with van der Waals surface area (Å²) in [5.41, 5.74) is 12.1. The molecule has 1 heterocycles. The van der Waals surface area contributed by atoms with E-state index >= 15 is 0 Å². The van der Waals surface area contributed by atoms with Crippen molar-refractivity contribution in [3.05, 3.63) is 59.7 Å². The third-order valence-corrected chi connectivity index (χ3v) is 3.50. The number of nitrogens with one attached hydrogen (secondary N) is 1. The third-order valence-electron chi connectivity index (χ3n) is 3.50. The molecule has 3 N–H and O–H groups in total. The molecule has 2 aromatic rings. The number of nitrogens with two attached hydrogens (primary N) is 1. The Bertz CT molecular complexity index is 634. The fourth-order valence-corrected chi connectivity index (χ4v) is 2.42. The number of benzene rings is 2. The number of hydrogen-bond donors (Lipinski definition) is 2. The maximum atomic E-state index is 11.3. The molecule has 4 heteroatoms. The summed E-state index contributed by atoms with van der Waals surface area (Å²) in [5, 5.41) is 0. The zero-order valence-corrected chi connectivity index (χ0v) is 11.0. The average Bonchev–Trinajstić information content (AvgIpc) is 3.02. The Morgan fingerprint density at radius 3 is 2.60 bits per heavy atom. The lowest BCUT2D eigenvalue weighted by Crippen LogP contribution is -2.11. The maximum absolute atomic E-state index is 11.3. The second-order valence-corrected chi connectivity index (χ2v) is 4.88. The van der Waals surface area contributed by atoms with Crippen LogP contribution in [0.5, 0.6) is 0 Å². The Morgan fingerprint density at radius 1 is 1.15 bits per heavy atom. The zero-order chi connectivity index (χ0) is 13.9. The molecule has 1 aliphatic heterocycles. The van der Waals surface area contributed by atoms with Crippen LogP contribution in [0, 0.1) is 0 Å². The largest absolute Gasteiger partial charge is 0.366 e. The van der Waals surface area contributed by atoms with E-state index in [1.165, 1.54) is 5.56 Å². The van der Waals surface area contributed by atoms with E-state index in [-0.39, 0.29) is 6.04 Å². The molecule has 0 unspecified atom stereocenters. The highest BCUT2D eigenvalue weighted by atomic mass is 16.7. The van der Waals surface area contributed by atoms with E-state index in [9.17, 15) is 4.79 Å². The number of rotatable bonds is 3. The van der Waals surface area contributed by atoms with Gasteiger partial charge in [-0.25, -0.2) is 0 Å². The van der Waals surface area contributed by atoms with Crippen LogP contribution in [-0.2, 0) is 4.84 Å². The number of amides is 1. The van der Waals surface area contributed by atoms with Crippen molar-refractivity contribution < 1.29 is 9.63 Å². The molecule has 0 aromatic heterocycles. The highest BCUT2D eigenvalue weighted by Gasteiger charge is 2.17. The number of hydrogen-bond acceptors (Lipinski definition) is 3. The summed E-state index contributed by atoms with van der Waals surface area (Å²) in [6.07, 6.45) is 0.963. The van der Waals surface area contributed by atoms with Crippen LogP contribution in [0.2, 0.25) is 0 Å². The SMILES string of the molecule is NC(=O)c1cccc(-c2cccc([C@H]3CCON3)c2)c1. The maximum Gasteiger partial charge on any atom is 0.248 e. The molecule has 102 valence electrons. The van der Waals surface area contributed by atoms with E-state index in [1.807, 2.05) is 30.3 Å². The normalized spacial score (nSPS) is 18.1. The molecule has 0 saturated carbocycles. The lowest BCUT2D eigenvalue weighted by Gasteiger charge is -2.11. The molecule has 4 nitrogen and oxygen atoms in total. The number of hydroxylamine groups is 1. The molecular weight excluding hydrogens is 252 g/mol. The van der Waals surface area contributed by atoms with Gasteiger partial charge in [0, 0.05) is 5.56 Å². The summed E-state index contributed by atoms with van der Waals surface area (Å²) in [4.78, 5) is 16.5.